The Balaban J connectivity index is 1.92. The number of nitrogens with zero attached hydrogens (tertiary/aromatic N) is 1. The third kappa shape index (κ3) is 4.10. The molecule has 0 unspecified atom stereocenters. The first-order valence-electron chi connectivity index (χ1n) is 9.63. The Morgan fingerprint density at radius 3 is 2.27 bits per heavy atom. The number of hydrogen-bond acceptors (Lipinski definition) is 5. The van der Waals surface area contributed by atoms with E-state index in [2.05, 4.69) is 11.4 Å². The van der Waals surface area contributed by atoms with Crippen LogP contribution in [0.5, 0.6) is 5.75 Å². The normalized spacial score (nSPS) is 18.6. The first kappa shape index (κ1) is 21.6. The summed E-state index contributed by atoms with van der Waals surface area (Å²) < 4.78 is 5.19. The van der Waals surface area contributed by atoms with Crippen molar-refractivity contribution < 1.29 is 19.4 Å². The van der Waals surface area contributed by atoms with Crippen molar-refractivity contribution in [1.29, 1.82) is 5.26 Å². The van der Waals surface area contributed by atoms with Gasteiger partial charge in [0.15, 0.2) is 0 Å². The highest BCUT2D eigenvalue weighted by molar-refractivity contribution is 7.17. The predicted octanol–water partition coefficient (Wildman–Crippen LogP) is 4.99. The van der Waals surface area contributed by atoms with E-state index in [-0.39, 0.29) is 5.91 Å². The molecular formula is C23H24N2O4S. The number of hydrogen-bond donors (Lipinski definition) is 2. The van der Waals surface area contributed by atoms with Crippen molar-refractivity contribution in [3.05, 3.63) is 45.9 Å². The number of methoxy groups -OCH3 is 1. The zero-order chi connectivity index (χ0) is 22.0. The first-order valence-corrected chi connectivity index (χ1v) is 10.4. The number of nitriles is 1. The number of amides is 1. The van der Waals surface area contributed by atoms with E-state index in [1.165, 1.54) is 11.3 Å². The summed E-state index contributed by atoms with van der Waals surface area (Å²) in [5, 5.41) is 22.7. The lowest BCUT2D eigenvalue weighted by molar-refractivity contribution is -0.146. The van der Waals surface area contributed by atoms with Gasteiger partial charge in [-0.05, 0) is 51.3 Å². The zero-order valence-electron chi connectivity index (χ0n) is 17.4. The van der Waals surface area contributed by atoms with Crippen LogP contribution < -0.4 is 10.1 Å². The van der Waals surface area contributed by atoms with Gasteiger partial charge in [0.1, 0.15) is 16.8 Å². The molecule has 2 aromatic rings. The Morgan fingerprint density at radius 2 is 1.73 bits per heavy atom. The van der Waals surface area contributed by atoms with E-state index in [0.29, 0.717) is 23.4 Å². The number of carboxylic acids is 1. The molecule has 1 heterocycles. The minimum Gasteiger partial charge on any atom is -0.497 e. The fraction of sp³-hybridized carbons (Fsp3) is 0.348. The molecule has 1 amide bonds. The lowest BCUT2D eigenvalue weighted by Crippen LogP contribution is -2.36. The third-order valence-electron chi connectivity index (χ3n) is 5.73. The molecule has 2 atom stereocenters. The second-order valence-corrected chi connectivity index (χ2v) is 8.81. The number of benzene rings is 1. The zero-order valence-corrected chi connectivity index (χ0v) is 18.2. The van der Waals surface area contributed by atoms with Crippen molar-refractivity contribution in [3.63, 3.8) is 0 Å². The number of thiophene rings is 1. The van der Waals surface area contributed by atoms with Gasteiger partial charge >= 0.3 is 5.97 Å². The van der Waals surface area contributed by atoms with Gasteiger partial charge in [-0.2, -0.15) is 5.26 Å². The summed E-state index contributed by atoms with van der Waals surface area (Å²) in [4.78, 5) is 25.7. The summed E-state index contributed by atoms with van der Waals surface area (Å²) in [6, 6.07) is 9.60. The number of ether oxygens (including phenoxy) is 1. The molecule has 3 rings (SSSR count). The van der Waals surface area contributed by atoms with Crippen molar-refractivity contribution in [2.24, 2.45) is 11.8 Å². The Morgan fingerprint density at radius 1 is 1.13 bits per heavy atom. The van der Waals surface area contributed by atoms with Crippen molar-refractivity contribution in [2.45, 2.75) is 33.6 Å². The van der Waals surface area contributed by atoms with Crippen molar-refractivity contribution in [2.75, 3.05) is 12.4 Å². The van der Waals surface area contributed by atoms with E-state index >= 15 is 0 Å². The van der Waals surface area contributed by atoms with Gasteiger partial charge in [0.25, 0.3) is 0 Å². The summed E-state index contributed by atoms with van der Waals surface area (Å²) in [5.74, 6) is -2.03. The van der Waals surface area contributed by atoms with E-state index in [9.17, 15) is 20.0 Å². The number of carbonyl (C=O) groups is 2. The molecule has 7 heteroatoms. The Labute approximate surface area is 179 Å². The van der Waals surface area contributed by atoms with Crippen molar-refractivity contribution in [3.8, 4) is 22.9 Å². The SMILES string of the molecule is COc1ccc(-c2c(C)sc(NC(=O)[C@H]3CC(C)=C(C)C[C@H]3C(=O)O)c2C#N)cc1. The Kier molecular flexibility index (Phi) is 6.28. The van der Waals surface area contributed by atoms with Gasteiger partial charge in [-0.1, -0.05) is 23.3 Å². The molecule has 1 aromatic carbocycles. The van der Waals surface area contributed by atoms with E-state index in [0.717, 1.165) is 32.9 Å². The molecule has 0 aliphatic heterocycles. The summed E-state index contributed by atoms with van der Waals surface area (Å²) >= 11 is 1.33. The molecule has 30 heavy (non-hydrogen) atoms. The summed E-state index contributed by atoms with van der Waals surface area (Å²) in [7, 11) is 1.59. The fourth-order valence-electron chi connectivity index (χ4n) is 3.88. The van der Waals surface area contributed by atoms with Crippen LogP contribution in [0, 0.1) is 30.1 Å². The van der Waals surface area contributed by atoms with E-state index in [1.807, 2.05) is 45.0 Å². The lowest BCUT2D eigenvalue weighted by Gasteiger charge is -2.29. The number of carboxylic acid groups (broad SMARTS) is 1. The molecule has 1 aliphatic rings. The highest BCUT2D eigenvalue weighted by Crippen LogP contribution is 2.41. The molecule has 1 aliphatic carbocycles. The molecule has 2 N–H and O–H groups in total. The van der Waals surface area contributed by atoms with Crippen LogP contribution in [0.2, 0.25) is 0 Å². The molecule has 0 fully saturated rings. The summed E-state index contributed by atoms with van der Waals surface area (Å²) in [5.41, 5.74) is 4.09. The van der Waals surface area contributed by atoms with Crippen LogP contribution in [0.25, 0.3) is 11.1 Å². The topological polar surface area (TPSA) is 99.4 Å². The maximum absolute atomic E-state index is 13.0. The van der Waals surface area contributed by atoms with Crippen LogP contribution in [0.3, 0.4) is 0 Å². The number of nitrogens with one attached hydrogen (secondary N) is 1. The van der Waals surface area contributed by atoms with Gasteiger partial charge in [-0.3, -0.25) is 9.59 Å². The second-order valence-electron chi connectivity index (χ2n) is 7.59. The lowest BCUT2D eigenvalue weighted by atomic mass is 9.76. The van der Waals surface area contributed by atoms with Crippen molar-refractivity contribution >= 4 is 28.2 Å². The smallest absolute Gasteiger partial charge is 0.307 e. The van der Waals surface area contributed by atoms with Crippen LogP contribution in [-0.4, -0.2) is 24.1 Å². The van der Waals surface area contributed by atoms with E-state index < -0.39 is 17.8 Å². The number of aliphatic carboxylic acids is 1. The number of carbonyl (C=O) groups excluding carboxylic acids is 1. The first-order chi connectivity index (χ1) is 14.3. The van der Waals surface area contributed by atoms with Gasteiger partial charge in [0.05, 0.1) is 24.5 Å². The van der Waals surface area contributed by atoms with Gasteiger partial charge in [-0.25, -0.2) is 0 Å². The van der Waals surface area contributed by atoms with Crippen LogP contribution in [-0.2, 0) is 9.59 Å². The maximum atomic E-state index is 13.0. The monoisotopic (exact) mass is 424 g/mol. The number of aryl methyl sites for hydroxylation is 1. The standard InChI is InChI=1S/C23H24N2O4S/c1-12-9-17(18(23(27)28)10-13(12)2)21(26)25-22-19(11-24)20(14(3)30-22)15-5-7-16(29-4)8-6-15/h5-8,17-18H,9-10H2,1-4H3,(H,25,26)(H,27,28)/t17-,18+/m0/s1. The molecule has 0 saturated heterocycles. The fourth-order valence-corrected chi connectivity index (χ4v) is 4.91. The van der Waals surface area contributed by atoms with Crippen LogP contribution in [0.4, 0.5) is 5.00 Å². The molecule has 0 radical (unpaired) electrons. The van der Waals surface area contributed by atoms with Crippen LogP contribution in [0.1, 0.15) is 37.1 Å². The third-order valence-corrected chi connectivity index (χ3v) is 6.75. The molecule has 1 aromatic heterocycles. The average Bonchev–Trinajstić information content (AvgIpc) is 3.04. The average molecular weight is 425 g/mol. The molecule has 0 saturated carbocycles. The van der Waals surface area contributed by atoms with Gasteiger partial charge in [0, 0.05) is 10.4 Å². The molecule has 0 spiro atoms. The summed E-state index contributed by atoms with van der Waals surface area (Å²) in [6.07, 6.45) is 0.775. The Bertz CT molecular complexity index is 1060. The summed E-state index contributed by atoms with van der Waals surface area (Å²) in [6.45, 7) is 5.75. The molecule has 0 bridgehead atoms. The van der Waals surface area contributed by atoms with Crippen LogP contribution >= 0.6 is 11.3 Å². The quantitative estimate of drug-likeness (QED) is 0.659. The van der Waals surface area contributed by atoms with Crippen molar-refractivity contribution in [1.82, 2.24) is 0 Å². The second kappa shape index (κ2) is 8.72. The van der Waals surface area contributed by atoms with Crippen LogP contribution in [0.15, 0.2) is 35.4 Å². The molecular weight excluding hydrogens is 400 g/mol. The largest absolute Gasteiger partial charge is 0.497 e. The minimum atomic E-state index is -0.969. The predicted molar refractivity (Wildman–Crippen MR) is 117 cm³/mol. The highest BCUT2D eigenvalue weighted by atomic mass is 32.1. The Hall–Kier alpha value is -3.11. The highest BCUT2D eigenvalue weighted by Gasteiger charge is 2.37. The minimum absolute atomic E-state index is 0.353. The maximum Gasteiger partial charge on any atom is 0.307 e. The van der Waals surface area contributed by atoms with Gasteiger partial charge in [-0.15, -0.1) is 11.3 Å². The number of allylic oxidation sites excluding steroid dienone is 2. The number of rotatable bonds is 5. The number of anilines is 1. The van der Waals surface area contributed by atoms with Gasteiger partial charge < -0.3 is 15.2 Å². The van der Waals surface area contributed by atoms with Gasteiger partial charge in [0.2, 0.25) is 5.91 Å². The van der Waals surface area contributed by atoms with E-state index in [4.69, 9.17) is 4.74 Å². The molecule has 6 nitrogen and oxygen atoms in total. The van der Waals surface area contributed by atoms with E-state index in [1.54, 1.807) is 7.11 Å². The molecule has 156 valence electrons.